The Morgan fingerprint density at radius 3 is 3.08 bits per heavy atom. The van der Waals surface area contributed by atoms with E-state index in [0.29, 0.717) is 5.69 Å². The number of anilines is 1. The van der Waals surface area contributed by atoms with E-state index in [0.717, 1.165) is 0 Å². The van der Waals surface area contributed by atoms with Crippen LogP contribution in [-0.2, 0) is 16.0 Å². The highest BCUT2D eigenvalue weighted by Crippen LogP contribution is 1.98. The van der Waals surface area contributed by atoms with E-state index in [-0.39, 0.29) is 18.3 Å². The topological polar surface area (TPSA) is 78.1 Å². The van der Waals surface area contributed by atoms with Gasteiger partial charge in [0.1, 0.15) is 0 Å². The summed E-state index contributed by atoms with van der Waals surface area (Å²) in [5, 5.41) is 0. The maximum Gasteiger partial charge on any atom is 0.311 e. The second kappa shape index (κ2) is 3.66. The molecule has 0 radical (unpaired) electrons. The van der Waals surface area contributed by atoms with E-state index in [4.69, 9.17) is 5.73 Å². The minimum Gasteiger partial charge on any atom is -0.469 e. The van der Waals surface area contributed by atoms with Crippen LogP contribution in [0, 0.1) is 0 Å². The third kappa shape index (κ3) is 2.19. The number of nitrogen functional groups attached to an aromatic ring is 1. The molecule has 0 spiro atoms. The lowest BCUT2D eigenvalue weighted by Gasteiger charge is -1.98. The van der Waals surface area contributed by atoms with Crippen LogP contribution in [0.4, 0.5) is 5.95 Å². The average Bonchev–Trinajstić information content (AvgIpc) is 2.04. The van der Waals surface area contributed by atoms with Gasteiger partial charge in [-0.25, -0.2) is 9.97 Å². The lowest BCUT2D eigenvalue weighted by atomic mass is 10.3. The molecule has 1 rings (SSSR count). The number of methoxy groups -OCH3 is 1. The van der Waals surface area contributed by atoms with Gasteiger partial charge in [-0.3, -0.25) is 4.79 Å². The fourth-order valence-electron chi connectivity index (χ4n) is 0.731. The van der Waals surface area contributed by atoms with Crippen molar-refractivity contribution in [1.29, 1.82) is 0 Å². The Morgan fingerprint density at radius 2 is 2.50 bits per heavy atom. The van der Waals surface area contributed by atoms with Crippen LogP contribution in [-0.4, -0.2) is 23.0 Å². The van der Waals surface area contributed by atoms with Crippen LogP contribution in [0.3, 0.4) is 0 Å². The van der Waals surface area contributed by atoms with Crippen molar-refractivity contribution in [2.45, 2.75) is 6.42 Å². The highest BCUT2D eigenvalue weighted by molar-refractivity contribution is 5.71. The van der Waals surface area contributed by atoms with Gasteiger partial charge in [-0.2, -0.15) is 0 Å². The number of hydrogen-bond donors (Lipinski definition) is 1. The molecule has 0 amide bonds. The number of carbonyl (C=O) groups is 1. The van der Waals surface area contributed by atoms with Gasteiger partial charge in [-0.1, -0.05) is 0 Å². The molecule has 64 valence electrons. The zero-order valence-electron chi connectivity index (χ0n) is 6.65. The third-order valence-electron chi connectivity index (χ3n) is 1.29. The molecular formula is C7H9N3O2. The Balaban J connectivity index is 2.69. The Bertz CT molecular complexity index is 288. The predicted octanol–water partition coefficient (Wildman–Crippen LogP) is -0.226. The first kappa shape index (κ1) is 8.45. The highest BCUT2D eigenvalue weighted by atomic mass is 16.5. The van der Waals surface area contributed by atoms with E-state index >= 15 is 0 Å². The molecule has 0 bridgehead atoms. The number of carbonyl (C=O) groups excluding carboxylic acids is 1. The molecule has 0 saturated heterocycles. The largest absolute Gasteiger partial charge is 0.469 e. The second-order valence-electron chi connectivity index (χ2n) is 2.16. The lowest BCUT2D eigenvalue weighted by molar-refractivity contribution is -0.139. The van der Waals surface area contributed by atoms with Crippen LogP contribution in [0.5, 0.6) is 0 Å². The number of ether oxygens (including phenoxy) is 1. The van der Waals surface area contributed by atoms with E-state index in [2.05, 4.69) is 14.7 Å². The number of rotatable bonds is 2. The van der Waals surface area contributed by atoms with Gasteiger partial charge in [0.2, 0.25) is 5.95 Å². The number of esters is 1. The van der Waals surface area contributed by atoms with Crippen molar-refractivity contribution in [3.05, 3.63) is 18.0 Å². The average molecular weight is 167 g/mol. The Kier molecular flexibility index (Phi) is 2.57. The van der Waals surface area contributed by atoms with Crippen LogP contribution in [0.2, 0.25) is 0 Å². The van der Waals surface area contributed by atoms with E-state index < -0.39 is 0 Å². The van der Waals surface area contributed by atoms with Crippen LogP contribution in [0.1, 0.15) is 5.69 Å². The molecule has 5 nitrogen and oxygen atoms in total. The van der Waals surface area contributed by atoms with Crippen molar-refractivity contribution >= 4 is 11.9 Å². The molecule has 1 aromatic heterocycles. The number of nitrogens with zero attached hydrogens (tertiary/aromatic N) is 2. The molecule has 0 aromatic carbocycles. The summed E-state index contributed by atoms with van der Waals surface area (Å²) in [6.07, 6.45) is 1.63. The van der Waals surface area contributed by atoms with E-state index in [1.807, 2.05) is 0 Å². The van der Waals surface area contributed by atoms with Gasteiger partial charge in [-0.15, -0.1) is 0 Å². The summed E-state index contributed by atoms with van der Waals surface area (Å²) in [7, 11) is 1.33. The molecule has 0 aliphatic heterocycles. The SMILES string of the molecule is COC(=O)Cc1ccnc(N)n1. The quantitative estimate of drug-likeness (QED) is 0.616. The van der Waals surface area contributed by atoms with E-state index in [9.17, 15) is 4.79 Å². The fraction of sp³-hybridized carbons (Fsp3) is 0.286. The van der Waals surface area contributed by atoms with Crippen molar-refractivity contribution in [3.8, 4) is 0 Å². The summed E-state index contributed by atoms with van der Waals surface area (Å²) in [4.78, 5) is 18.3. The summed E-state index contributed by atoms with van der Waals surface area (Å²) in [6.45, 7) is 0. The van der Waals surface area contributed by atoms with E-state index in [1.54, 1.807) is 6.07 Å². The molecular weight excluding hydrogens is 158 g/mol. The number of aromatic nitrogens is 2. The first-order valence-electron chi connectivity index (χ1n) is 3.36. The van der Waals surface area contributed by atoms with E-state index in [1.165, 1.54) is 13.3 Å². The van der Waals surface area contributed by atoms with Crippen LogP contribution in [0.15, 0.2) is 12.3 Å². The molecule has 0 aliphatic rings. The van der Waals surface area contributed by atoms with Crippen molar-refractivity contribution in [3.63, 3.8) is 0 Å². The molecule has 2 N–H and O–H groups in total. The minimum atomic E-state index is -0.340. The summed E-state index contributed by atoms with van der Waals surface area (Å²) < 4.78 is 4.45. The van der Waals surface area contributed by atoms with Crippen molar-refractivity contribution in [2.24, 2.45) is 0 Å². The molecule has 0 fully saturated rings. The second-order valence-corrected chi connectivity index (χ2v) is 2.16. The molecule has 0 saturated carbocycles. The van der Waals surface area contributed by atoms with Crippen LogP contribution < -0.4 is 5.73 Å². The van der Waals surface area contributed by atoms with Crippen molar-refractivity contribution < 1.29 is 9.53 Å². The number of nitrogens with two attached hydrogens (primary N) is 1. The first-order valence-corrected chi connectivity index (χ1v) is 3.36. The summed E-state index contributed by atoms with van der Waals surface area (Å²) in [5.41, 5.74) is 5.87. The lowest BCUT2D eigenvalue weighted by Crippen LogP contribution is -2.07. The Morgan fingerprint density at radius 1 is 1.75 bits per heavy atom. The van der Waals surface area contributed by atoms with Crippen LogP contribution >= 0.6 is 0 Å². The zero-order chi connectivity index (χ0) is 8.97. The molecule has 12 heavy (non-hydrogen) atoms. The summed E-state index contributed by atoms with van der Waals surface area (Å²) in [5.74, 6) is -0.176. The standard InChI is InChI=1S/C7H9N3O2/c1-12-6(11)4-5-2-3-9-7(8)10-5/h2-3H,4H2,1H3,(H2,8,9,10). The van der Waals surface area contributed by atoms with Gasteiger partial charge in [0.15, 0.2) is 0 Å². The Labute approximate surface area is 69.6 Å². The Hall–Kier alpha value is -1.65. The van der Waals surface area contributed by atoms with Gasteiger partial charge in [0.05, 0.1) is 19.2 Å². The van der Waals surface area contributed by atoms with Gasteiger partial charge in [0.25, 0.3) is 0 Å². The molecule has 0 atom stereocenters. The molecule has 0 aliphatic carbocycles. The maximum atomic E-state index is 10.8. The third-order valence-corrected chi connectivity index (χ3v) is 1.29. The first-order chi connectivity index (χ1) is 5.72. The zero-order valence-corrected chi connectivity index (χ0v) is 6.65. The predicted molar refractivity (Wildman–Crippen MR) is 42.2 cm³/mol. The van der Waals surface area contributed by atoms with Gasteiger partial charge >= 0.3 is 5.97 Å². The minimum absolute atomic E-state index is 0.128. The number of hydrogen-bond acceptors (Lipinski definition) is 5. The summed E-state index contributed by atoms with van der Waals surface area (Å²) >= 11 is 0. The molecule has 1 heterocycles. The maximum absolute atomic E-state index is 10.8. The van der Waals surface area contributed by atoms with Crippen molar-refractivity contribution in [1.82, 2.24) is 9.97 Å². The van der Waals surface area contributed by atoms with Gasteiger partial charge < -0.3 is 10.5 Å². The molecule has 1 aromatic rings. The molecule has 0 unspecified atom stereocenters. The van der Waals surface area contributed by atoms with Crippen LogP contribution in [0.25, 0.3) is 0 Å². The molecule has 5 heteroatoms. The summed E-state index contributed by atoms with van der Waals surface area (Å²) in [6, 6.07) is 1.62. The normalized spacial score (nSPS) is 9.42. The van der Waals surface area contributed by atoms with Gasteiger partial charge in [0, 0.05) is 6.20 Å². The monoisotopic (exact) mass is 167 g/mol. The fourth-order valence-corrected chi connectivity index (χ4v) is 0.731. The highest BCUT2D eigenvalue weighted by Gasteiger charge is 2.03. The smallest absolute Gasteiger partial charge is 0.311 e. The van der Waals surface area contributed by atoms with Crippen molar-refractivity contribution in [2.75, 3.05) is 12.8 Å². The van der Waals surface area contributed by atoms with Gasteiger partial charge in [-0.05, 0) is 6.07 Å².